The van der Waals surface area contributed by atoms with Gasteiger partial charge in [-0.2, -0.15) is 4.39 Å². The normalized spacial score (nSPS) is 19.6. The molecule has 5 rings (SSSR count). The summed E-state index contributed by atoms with van der Waals surface area (Å²) < 4.78 is 26.8. The lowest BCUT2D eigenvalue weighted by Crippen LogP contribution is -2.44. The molecule has 1 aromatic heterocycles. The Labute approximate surface area is 155 Å². The van der Waals surface area contributed by atoms with E-state index in [9.17, 15) is 4.39 Å². The number of hydrogen-bond acceptors (Lipinski definition) is 5. The Morgan fingerprint density at radius 1 is 0.963 bits per heavy atom. The van der Waals surface area contributed by atoms with Crippen LogP contribution in [0.15, 0.2) is 71.9 Å². The second-order valence-corrected chi connectivity index (χ2v) is 6.54. The minimum atomic E-state index is -1.06. The highest BCUT2D eigenvalue weighted by Crippen LogP contribution is 2.56. The summed E-state index contributed by atoms with van der Waals surface area (Å²) in [4.78, 5) is 8.66. The van der Waals surface area contributed by atoms with Crippen molar-refractivity contribution >= 4 is 5.84 Å². The summed E-state index contributed by atoms with van der Waals surface area (Å²) in [5, 5.41) is 0. The second kappa shape index (κ2) is 5.89. The smallest absolute Gasteiger partial charge is 0.218 e. The maximum Gasteiger partial charge on any atom is 0.218 e. The zero-order chi connectivity index (χ0) is 18.4. The lowest BCUT2D eigenvalue weighted by atomic mass is 9.73. The first-order valence-electron chi connectivity index (χ1n) is 8.63. The molecule has 0 amide bonds. The van der Waals surface area contributed by atoms with Crippen LogP contribution in [0, 0.1) is 5.95 Å². The fourth-order valence-corrected chi connectivity index (χ4v) is 3.92. The molecule has 1 spiro atoms. The zero-order valence-electron chi connectivity index (χ0n) is 14.3. The molecule has 134 valence electrons. The number of ether oxygens (including phenoxy) is 2. The van der Waals surface area contributed by atoms with Crippen molar-refractivity contribution in [2.24, 2.45) is 10.7 Å². The van der Waals surface area contributed by atoms with Gasteiger partial charge in [-0.3, -0.25) is 4.99 Å². The standard InChI is InChI=1S/C21H16FN3O2/c22-20-13(6-5-11-24-20)19-21(25-18(23)12-26-19)14-7-1-3-9-16(14)27-17-10-4-2-8-15(17)21/h1-11,19H,12H2,(H2,23,25). The zero-order valence-corrected chi connectivity index (χ0v) is 14.3. The molecule has 2 aliphatic rings. The number of nitrogens with two attached hydrogens (primary N) is 1. The molecular weight excluding hydrogens is 345 g/mol. The van der Waals surface area contributed by atoms with Crippen LogP contribution < -0.4 is 10.5 Å². The van der Waals surface area contributed by atoms with Gasteiger partial charge in [0.2, 0.25) is 5.95 Å². The lowest BCUT2D eigenvalue weighted by molar-refractivity contribution is 0.0130. The number of halogens is 1. The fourth-order valence-electron chi connectivity index (χ4n) is 3.92. The molecule has 1 unspecified atom stereocenters. The summed E-state index contributed by atoms with van der Waals surface area (Å²) in [6.45, 7) is 0.117. The van der Waals surface area contributed by atoms with Gasteiger partial charge >= 0.3 is 0 Å². The minimum Gasteiger partial charge on any atom is -0.457 e. The van der Waals surface area contributed by atoms with E-state index in [1.165, 1.54) is 6.20 Å². The molecule has 3 aromatic rings. The van der Waals surface area contributed by atoms with Crippen LogP contribution in [0.5, 0.6) is 11.5 Å². The van der Waals surface area contributed by atoms with Crippen molar-refractivity contribution in [3.8, 4) is 11.5 Å². The number of amidine groups is 1. The SMILES string of the molecule is NC1=NC2(c3ccccc3Oc3ccccc32)C(c2cccnc2F)OC1. The predicted molar refractivity (Wildman–Crippen MR) is 98.2 cm³/mol. The van der Waals surface area contributed by atoms with Crippen molar-refractivity contribution in [1.29, 1.82) is 0 Å². The van der Waals surface area contributed by atoms with E-state index in [0.29, 0.717) is 22.9 Å². The van der Waals surface area contributed by atoms with Gasteiger partial charge in [0.1, 0.15) is 30.0 Å². The van der Waals surface area contributed by atoms with Gasteiger partial charge in [-0.25, -0.2) is 4.98 Å². The number of pyridine rings is 1. The summed E-state index contributed by atoms with van der Waals surface area (Å²) >= 11 is 0. The van der Waals surface area contributed by atoms with E-state index in [-0.39, 0.29) is 6.61 Å². The quantitative estimate of drug-likeness (QED) is 0.671. The van der Waals surface area contributed by atoms with Crippen LogP contribution in [0.1, 0.15) is 22.8 Å². The summed E-state index contributed by atoms with van der Waals surface area (Å²) in [6, 6.07) is 18.5. The van der Waals surface area contributed by atoms with Crippen LogP contribution in [0.25, 0.3) is 0 Å². The Morgan fingerprint density at radius 3 is 2.30 bits per heavy atom. The lowest BCUT2D eigenvalue weighted by Gasteiger charge is -2.44. The van der Waals surface area contributed by atoms with Gasteiger partial charge in [-0.1, -0.05) is 42.5 Å². The highest BCUT2D eigenvalue weighted by molar-refractivity contribution is 5.84. The topological polar surface area (TPSA) is 69.7 Å². The van der Waals surface area contributed by atoms with E-state index >= 15 is 0 Å². The van der Waals surface area contributed by atoms with E-state index in [1.54, 1.807) is 12.1 Å². The Morgan fingerprint density at radius 2 is 1.63 bits per heavy atom. The number of aliphatic imine (C=N–C) groups is 1. The fraction of sp³-hybridized carbons (Fsp3) is 0.143. The van der Waals surface area contributed by atoms with Crippen LogP contribution in [0.2, 0.25) is 0 Å². The molecule has 0 saturated heterocycles. The number of fused-ring (bicyclic) bond motifs is 4. The Balaban J connectivity index is 1.87. The average Bonchev–Trinajstić information content (AvgIpc) is 2.69. The Bertz CT molecular complexity index is 1020. The van der Waals surface area contributed by atoms with Gasteiger partial charge in [0.15, 0.2) is 5.54 Å². The maximum absolute atomic E-state index is 14.7. The number of benzene rings is 2. The summed E-state index contributed by atoms with van der Waals surface area (Å²) in [5.74, 6) is 1.06. The van der Waals surface area contributed by atoms with Crippen molar-refractivity contribution in [1.82, 2.24) is 4.98 Å². The summed E-state index contributed by atoms with van der Waals surface area (Å²) in [7, 11) is 0. The summed E-state index contributed by atoms with van der Waals surface area (Å²) in [5.41, 5.74) is 6.94. The molecule has 0 fully saturated rings. The van der Waals surface area contributed by atoms with Gasteiger partial charge in [0.25, 0.3) is 0 Å². The highest BCUT2D eigenvalue weighted by Gasteiger charge is 2.52. The van der Waals surface area contributed by atoms with Crippen LogP contribution in [0.3, 0.4) is 0 Å². The number of aromatic nitrogens is 1. The first kappa shape index (κ1) is 16.0. The van der Waals surface area contributed by atoms with Crippen molar-refractivity contribution < 1.29 is 13.9 Å². The van der Waals surface area contributed by atoms with Gasteiger partial charge in [-0.05, 0) is 18.2 Å². The van der Waals surface area contributed by atoms with Crippen molar-refractivity contribution in [2.45, 2.75) is 11.6 Å². The molecule has 1 atom stereocenters. The highest BCUT2D eigenvalue weighted by atomic mass is 19.1. The molecule has 0 radical (unpaired) electrons. The molecule has 0 bridgehead atoms. The van der Waals surface area contributed by atoms with E-state index in [2.05, 4.69) is 4.98 Å². The first-order chi connectivity index (χ1) is 13.2. The van der Waals surface area contributed by atoms with Crippen LogP contribution in [-0.2, 0) is 10.3 Å². The molecule has 3 heterocycles. The van der Waals surface area contributed by atoms with Crippen LogP contribution in [0.4, 0.5) is 4.39 Å². The molecule has 0 saturated carbocycles. The third-order valence-electron chi connectivity index (χ3n) is 4.98. The van der Waals surface area contributed by atoms with Crippen LogP contribution >= 0.6 is 0 Å². The molecular formula is C21H16FN3O2. The average molecular weight is 361 g/mol. The summed E-state index contributed by atoms with van der Waals surface area (Å²) in [6.07, 6.45) is 0.683. The van der Waals surface area contributed by atoms with Gasteiger partial charge in [0.05, 0.1) is 0 Å². The van der Waals surface area contributed by atoms with Gasteiger partial charge in [0, 0.05) is 22.9 Å². The van der Waals surface area contributed by atoms with Gasteiger partial charge < -0.3 is 15.2 Å². The van der Waals surface area contributed by atoms with Crippen molar-refractivity contribution in [2.75, 3.05) is 6.61 Å². The van der Waals surface area contributed by atoms with Gasteiger partial charge in [-0.15, -0.1) is 0 Å². The van der Waals surface area contributed by atoms with Crippen molar-refractivity contribution in [3.05, 3.63) is 89.5 Å². The molecule has 27 heavy (non-hydrogen) atoms. The number of rotatable bonds is 1. The van der Waals surface area contributed by atoms with Crippen LogP contribution in [-0.4, -0.2) is 17.4 Å². The third kappa shape index (κ3) is 2.27. The molecule has 2 aliphatic heterocycles. The third-order valence-corrected chi connectivity index (χ3v) is 4.98. The number of para-hydroxylation sites is 2. The van der Waals surface area contributed by atoms with E-state index < -0.39 is 17.6 Å². The Kier molecular flexibility index (Phi) is 3.48. The molecule has 2 N–H and O–H groups in total. The number of nitrogens with zero attached hydrogens (tertiary/aromatic N) is 2. The van der Waals surface area contributed by atoms with Crippen molar-refractivity contribution in [3.63, 3.8) is 0 Å². The molecule has 2 aromatic carbocycles. The first-order valence-corrected chi connectivity index (χ1v) is 8.63. The van der Waals surface area contributed by atoms with E-state index in [0.717, 1.165) is 11.1 Å². The maximum atomic E-state index is 14.7. The molecule has 5 nitrogen and oxygen atoms in total. The van der Waals surface area contributed by atoms with E-state index in [4.69, 9.17) is 20.2 Å². The Hall–Kier alpha value is -3.25. The predicted octanol–water partition coefficient (Wildman–Crippen LogP) is 3.70. The number of hydrogen-bond donors (Lipinski definition) is 1. The minimum absolute atomic E-state index is 0.117. The second-order valence-electron chi connectivity index (χ2n) is 6.54. The van der Waals surface area contributed by atoms with E-state index in [1.807, 2.05) is 48.5 Å². The molecule has 0 aliphatic carbocycles. The monoisotopic (exact) mass is 361 g/mol. The largest absolute Gasteiger partial charge is 0.457 e. The molecule has 6 heteroatoms.